The summed E-state index contributed by atoms with van der Waals surface area (Å²) in [5.74, 6) is 14.7. The maximum Gasteiger partial charge on any atom is 3.00 e. The van der Waals surface area contributed by atoms with Gasteiger partial charge in [-0.3, -0.25) is 0 Å². The van der Waals surface area contributed by atoms with Crippen molar-refractivity contribution in [2.75, 3.05) is 6.54 Å². The summed E-state index contributed by atoms with van der Waals surface area (Å²) in [4.78, 5) is 4.39. The van der Waals surface area contributed by atoms with Gasteiger partial charge >= 0.3 is 40.4 Å². The van der Waals surface area contributed by atoms with Crippen LogP contribution in [-0.2, 0) is 0 Å². The van der Waals surface area contributed by atoms with E-state index >= 15 is 0 Å². The Hall–Kier alpha value is 0.228. The third-order valence-corrected chi connectivity index (χ3v) is 7.52. The van der Waals surface area contributed by atoms with Gasteiger partial charge in [0.2, 0.25) is 0 Å². The van der Waals surface area contributed by atoms with E-state index in [1.807, 2.05) is 18.2 Å². The molecule has 3 aliphatic rings. The van der Waals surface area contributed by atoms with E-state index in [0.717, 1.165) is 13.0 Å². The van der Waals surface area contributed by atoms with Gasteiger partial charge in [0.1, 0.15) is 0 Å². The molecule has 1 aromatic rings. The van der Waals surface area contributed by atoms with Crippen molar-refractivity contribution in [2.24, 2.45) is 4.99 Å². The van der Waals surface area contributed by atoms with Crippen molar-refractivity contribution in [1.29, 1.82) is 0 Å². The van der Waals surface area contributed by atoms with Gasteiger partial charge in [0, 0.05) is 6.54 Å². The smallest absolute Gasteiger partial charge is 0.337 e. The van der Waals surface area contributed by atoms with Crippen LogP contribution in [-0.4, -0.2) is 12.3 Å². The molecule has 1 nitrogen and oxygen atoms in total. The van der Waals surface area contributed by atoms with E-state index in [1.165, 1.54) is 76.9 Å². The summed E-state index contributed by atoms with van der Waals surface area (Å²) in [5, 5.41) is 0. The number of benzene rings is 1. The Morgan fingerprint density at radius 3 is 1.22 bits per heavy atom. The number of hydrogen-bond acceptors (Lipinski definition) is 1. The average Bonchev–Trinajstić information content (AvgIpc) is 3.44. The minimum atomic E-state index is 0. The molecule has 1 heterocycles. The second kappa shape index (κ2) is 13.9. The number of rotatable bonds is 1. The maximum absolute atomic E-state index is 4.39. The van der Waals surface area contributed by atoms with Gasteiger partial charge in [-0.05, 0) is 77.7 Å². The molecule has 1 aliphatic heterocycles. The van der Waals surface area contributed by atoms with Crippen molar-refractivity contribution >= 4 is 5.71 Å². The van der Waals surface area contributed by atoms with Crippen LogP contribution in [0.2, 0.25) is 0 Å². The first-order valence-corrected chi connectivity index (χ1v) is 11.5. The van der Waals surface area contributed by atoms with Gasteiger partial charge in [-0.1, -0.05) is 69.2 Å². The third kappa shape index (κ3) is 7.36. The topological polar surface area (TPSA) is 12.4 Å². The predicted octanol–water partition coefficient (Wildman–Crippen LogP) is 8.01. The molecule has 1 aromatic carbocycles. The molecule has 11 radical (unpaired) electrons. The van der Waals surface area contributed by atoms with Gasteiger partial charge in [-0.15, -0.1) is 35.9 Å². The summed E-state index contributed by atoms with van der Waals surface area (Å²) in [6.45, 7) is 23.0. The zero-order valence-electron chi connectivity index (χ0n) is 21.8. The zero-order chi connectivity index (χ0) is 23.3. The molecular formula is C30H40NSm+2. The Kier molecular flexibility index (Phi) is 13.2. The van der Waals surface area contributed by atoms with E-state index in [9.17, 15) is 0 Å². The second-order valence-electron chi connectivity index (χ2n) is 8.96. The van der Waals surface area contributed by atoms with E-state index in [1.54, 1.807) is 0 Å². The van der Waals surface area contributed by atoms with Gasteiger partial charge in [-0.2, -0.15) is 0 Å². The van der Waals surface area contributed by atoms with Gasteiger partial charge in [0.05, 0.1) is 0 Å². The first-order chi connectivity index (χ1) is 14.6. The van der Waals surface area contributed by atoms with E-state index in [0.29, 0.717) is 0 Å². The van der Waals surface area contributed by atoms with Gasteiger partial charge in [-0.25, -0.2) is 0 Å². The summed E-state index contributed by atoms with van der Waals surface area (Å²) < 4.78 is 0. The van der Waals surface area contributed by atoms with E-state index < -0.39 is 0 Å². The molecule has 2 heteroatoms. The van der Waals surface area contributed by atoms with Crippen molar-refractivity contribution in [3.8, 4) is 0 Å². The van der Waals surface area contributed by atoms with Crippen LogP contribution in [0.1, 0.15) is 87.6 Å². The van der Waals surface area contributed by atoms with E-state index in [2.05, 4.69) is 86.4 Å². The van der Waals surface area contributed by atoms with Crippen LogP contribution in [0.4, 0.5) is 0 Å². The third-order valence-electron chi connectivity index (χ3n) is 7.52. The largest absolute Gasteiger partial charge is 3.00 e. The Bertz CT molecular complexity index is 564. The fraction of sp³-hybridized carbons (Fsp3) is 0.433. The number of aliphatic imine (C=N–C) groups is 1. The first-order valence-electron chi connectivity index (χ1n) is 11.5. The summed E-state index contributed by atoms with van der Waals surface area (Å²) in [5.41, 5.74) is 2.40. The molecular weight excluding hydrogens is 525 g/mol. The summed E-state index contributed by atoms with van der Waals surface area (Å²) in [6.07, 6.45) is 2.33. The minimum absolute atomic E-state index is 0. The van der Waals surface area contributed by atoms with Crippen molar-refractivity contribution in [3.63, 3.8) is 0 Å². The van der Waals surface area contributed by atoms with Crippen LogP contribution >= 0.6 is 0 Å². The van der Waals surface area contributed by atoms with Crippen molar-refractivity contribution in [1.82, 2.24) is 0 Å². The second-order valence-corrected chi connectivity index (χ2v) is 8.96. The molecule has 0 N–H and O–H groups in total. The number of hydrogen-bond donors (Lipinski definition) is 0. The van der Waals surface area contributed by atoms with Gasteiger partial charge in [0.25, 0.3) is 0 Å². The Morgan fingerprint density at radius 1 is 0.594 bits per heavy atom. The monoisotopic (exact) mass is 566 g/mol. The molecule has 0 aromatic heterocycles. The van der Waals surface area contributed by atoms with Gasteiger partial charge < -0.3 is 4.99 Å². The Morgan fingerprint density at radius 2 is 0.969 bits per heavy atom. The minimum Gasteiger partial charge on any atom is -0.337 e. The van der Waals surface area contributed by atoms with Crippen LogP contribution in [0.25, 0.3) is 0 Å². The summed E-state index contributed by atoms with van der Waals surface area (Å²) >= 11 is 0. The maximum atomic E-state index is 4.39. The molecule has 2 saturated carbocycles. The zero-order valence-corrected chi connectivity index (χ0v) is 24.4. The summed E-state index contributed by atoms with van der Waals surface area (Å²) in [7, 11) is 0. The van der Waals surface area contributed by atoms with E-state index in [-0.39, 0.29) is 40.4 Å². The molecule has 169 valence electrons. The van der Waals surface area contributed by atoms with Crippen LogP contribution in [0.5, 0.6) is 0 Å². The van der Waals surface area contributed by atoms with Crippen molar-refractivity contribution < 1.29 is 40.4 Å². The fourth-order valence-corrected chi connectivity index (χ4v) is 4.14. The molecule has 0 amide bonds. The summed E-state index contributed by atoms with van der Waals surface area (Å²) in [6, 6.07) is 11.2. The molecule has 2 fully saturated rings. The molecule has 0 saturated heterocycles. The van der Waals surface area contributed by atoms with Crippen LogP contribution < -0.4 is 0 Å². The van der Waals surface area contributed by atoms with Crippen molar-refractivity contribution in [2.45, 2.75) is 82.1 Å². The molecule has 4 rings (SSSR count). The molecule has 0 bridgehead atoms. The van der Waals surface area contributed by atoms with Gasteiger partial charge in [0.15, 0.2) is 0 Å². The normalized spacial score (nSPS) is 23.5. The SMILES string of the molecule is C[C]1[C](C)[C](C)[C](C)[C]1C.C[C]1[C](C)[C](C)[C](C)[C]1C.[Sm+3].[c-]1ccccc1C1=NCCC1. The first kappa shape index (κ1) is 30.3. The van der Waals surface area contributed by atoms with Crippen LogP contribution in [0.15, 0.2) is 29.3 Å². The standard InChI is InChI=1S/C10H10N.2C10H15.Sm/c1-2-5-9(6-3-1)10-7-4-8-11-10;2*1-6-7(2)9(4)10(5)8(6)3;/h1-3,5H,4,7-8H2;2*1-5H3;/q-1;;;+3. The Labute approximate surface area is 233 Å². The molecule has 32 heavy (non-hydrogen) atoms. The average molecular weight is 565 g/mol. The quantitative estimate of drug-likeness (QED) is 0.306. The molecule has 2 aliphatic carbocycles. The van der Waals surface area contributed by atoms with Crippen LogP contribution in [0, 0.1) is 106 Å². The fourth-order valence-electron chi connectivity index (χ4n) is 4.14. The van der Waals surface area contributed by atoms with E-state index in [4.69, 9.17) is 0 Å². The Balaban J connectivity index is 0.000000237. The molecule has 0 spiro atoms. The molecule has 0 unspecified atom stereocenters. The number of nitrogens with zero attached hydrogens (tertiary/aromatic N) is 1. The molecule has 0 atom stereocenters. The van der Waals surface area contributed by atoms with Crippen LogP contribution in [0.3, 0.4) is 0 Å². The van der Waals surface area contributed by atoms with Crippen molar-refractivity contribution in [3.05, 3.63) is 95.1 Å². The predicted molar refractivity (Wildman–Crippen MR) is 135 cm³/mol.